The summed E-state index contributed by atoms with van der Waals surface area (Å²) in [5, 5.41) is 5.13. The van der Waals surface area contributed by atoms with Crippen LogP contribution in [0, 0.1) is 0 Å². The van der Waals surface area contributed by atoms with E-state index in [2.05, 4.69) is 10.6 Å². The van der Waals surface area contributed by atoms with Gasteiger partial charge in [0, 0.05) is 16.7 Å². The van der Waals surface area contributed by atoms with Gasteiger partial charge in [-0.15, -0.1) is 0 Å². The molecule has 0 spiro atoms. The molecule has 144 valence electrons. The molecule has 0 fully saturated rings. The van der Waals surface area contributed by atoms with Gasteiger partial charge in [-0.25, -0.2) is 0 Å². The van der Waals surface area contributed by atoms with E-state index in [-0.39, 0.29) is 22.2 Å². The summed E-state index contributed by atoms with van der Waals surface area (Å²) >= 11 is 5.87. The van der Waals surface area contributed by atoms with Crippen molar-refractivity contribution >= 4 is 29.1 Å². The third-order valence-corrected chi connectivity index (χ3v) is 3.77. The molecule has 4 nitrogen and oxygen atoms in total. The Morgan fingerprint density at radius 2 is 1.41 bits per heavy atom. The Labute approximate surface area is 159 Å². The Hall–Kier alpha value is -2.54. The number of anilines is 1. The Bertz CT molecular complexity index is 857. The summed E-state index contributed by atoms with van der Waals surface area (Å²) in [6.07, 6.45) is -4.55. The van der Waals surface area contributed by atoms with E-state index in [4.69, 9.17) is 11.6 Å². The molecule has 0 radical (unpaired) electrons. The molecule has 0 bridgehead atoms. The molecular formula is C19H18ClF3N2O2. The molecule has 2 aromatic carbocycles. The summed E-state index contributed by atoms with van der Waals surface area (Å²) in [6, 6.07) is 8.42. The van der Waals surface area contributed by atoms with Crippen molar-refractivity contribution in [3.63, 3.8) is 0 Å². The lowest BCUT2D eigenvalue weighted by Crippen LogP contribution is -2.40. The van der Waals surface area contributed by atoms with Gasteiger partial charge in [0.15, 0.2) is 0 Å². The van der Waals surface area contributed by atoms with Crippen molar-refractivity contribution in [1.29, 1.82) is 0 Å². The molecule has 0 atom stereocenters. The first-order valence-corrected chi connectivity index (χ1v) is 8.35. The quantitative estimate of drug-likeness (QED) is 0.752. The topological polar surface area (TPSA) is 58.2 Å². The van der Waals surface area contributed by atoms with Crippen molar-refractivity contribution in [3.05, 3.63) is 64.2 Å². The van der Waals surface area contributed by atoms with E-state index in [0.29, 0.717) is 5.56 Å². The Kier molecular flexibility index (Phi) is 5.85. The van der Waals surface area contributed by atoms with E-state index >= 15 is 0 Å². The zero-order valence-corrected chi connectivity index (χ0v) is 15.6. The third-order valence-electron chi connectivity index (χ3n) is 3.44. The first-order valence-electron chi connectivity index (χ1n) is 7.97. The minimum Gasteiger partial charge on any atom is -0.347 e. The van der Waals surface area contributed by atoms with E-state index in [9.17, 15) is 22.8 Å². The maximum absolute atomic E-state index is 12.8. The van der Waals surface area contributed by atoms with Crippen LogP contribution in [0.4, 0.5) is 18.9 Å². The van der Waals surface area contributed by atoms with Crippen molar-refractivity contribution in [2.45, 2.75) is 32.5 Å². The Morgan fingerprint density at radius 1 is 0.889 bits per heavy atom. The predicted octanol–water partition coefficient (Wildman–Crippen LogP) is 5.14. The second kappa shape index (κ2) is 7.60. The molecule has 8 heteroatoms. The fourth-order valence-electron chi connectivity index (χ4n) is 2.18. The van der Waals surface area contributed by atoms with E-state index in [0.717, 1.165) is 18.2 Å². The van der Waals surface area contributed by atoms with E-state index < -0.39 is 23.2 Å². The number of rotatable bonds is 3. The van der Waals surface area contributed by atoms with Gasteiger partial charge in [-0.1, -0.05) is 11.6 Å². The molecule has 0 saturated carbocycles. The molecule has 0 saturated heterocycles. The van der Waals surface area contributed by atoms with Crippen LogP contribution in [0.1, 0.15) is 47.1 Å². The van der Waals surface area contributed by atoms with Crippen LogP contribution in [-0.2, 0) is 6.18 Å². The standard InChI is InChI=1S/C19H18ClF3N2O2/c1-18(2,3)25-17(27)12-6-4-11(5-7-12)16(26)24-15-10-13(19(21,22)23)8-9-14(15)20/h4-10H,1-3H3,(H,24,26)(H,25,27). The van der Waals surface area contributed by atoms with Gasteiger partial charge in [0.2, 0.25) is 0 Å². The van der Waals surface area contributed by atoms with Gasteiger partial charge >= 0.3 is 6.18 Å². The van der Waals surface area contributed by atoms with Crippen molar-refractivity contribution < 1.29 is 22.8 Å². The van der Waals surface area contributed by atoms with Crippen LogP contribution >= 0.6 is 11.6 Å². The number of hydrogen-bond acceptors (Lipinski definition) is 2. The number of benzene rings is 2. The second-order valence-corrected chi connectivity index (χ2v) is 7.34. The molecule has 27 heavy (non-hydrogen) atoms. The monoisotopic (exact) mass is 398 g/mol. The van der Waals surface area contributed by atoms with E-state index in [1.54, 1.807) is 0 Å². The summed E-state index contributed by atoms with van der Waals surface area (Å²) < 4.78 is 38.4. The normalized spacial score (nSPS) is 11.8. The maximum atomic E-state index is 12.8. The highest BCUT2D eigenvalue weighted by molar-refractivity contribution is 6.34. The zero-order chi connectivity index (χ0) is 20.4. The van der Waals surface area contributed by atoms with Crippen LogP contribution in [0.5, 0.6) is 0 Å². The lowest BCUT2D eigenvalue weighted by molar-refractivity contribution is -0.137. The molecule has 2 N–H and O–H groups in total. The number of halogens is 4. The molecular weight excluding hydrogens is 381 g/mol. The number of nitrogens with one attached hydrogen (secondary N) is 2. The number of carbonyl (C=O) groups excluding carboxylic acids is 2. The molecule has 2 rings (SSSR count). The molecule has 0 aliphatic rings. The van der Waals surface area contributed by atoms with Crippen LogP contribution in [0.2, 0.25) is 5.02 Å². The lowest BCUT2D eigenvalue weighted by Gasteiger charge is -2.20. The van der Waals surface area contributed by atoms with Gasteiger partial charge in [0.25, 0.3) is 11.8 Å². The average molecular weight is 399 g/mol. The summed E-state index contributed by atoms with van der Waals surface area (Å²) in [4.78, 5) is 24.4. The van der Waals surface area contributed by atoms with Gasteiger partial charge in [-0.3, -0.25) is 9.59 Å². The van der Waals surface area contributed by atoms with Gasteiger partial charge in [-0.2, -0.15) is 13.2 Å². The average Bonchev–Trinajstić information content (AvgIpc) is 2.54. The number of hydrogen-bond donors (Lipinski definition) is 2. The highest BCUT2D eigenvalue weighted by atomic mass is 35.5. The fourth-order valence-corrected chi connectivity index (χ4v) is 2.34. The van der Waals surface area contributed by atoms with E-state index in [1.165, 1.54) is 24.3 Å². The molecule has 0 unspecified atom stereocenters. The largest absolute Gasteiger partial charge is 0.416 e. The van der Waals surface area contributed by atoms with Gasteiger partial charge in [0.1, 0.15) is 0 Å². The molecule has 2 amide bonds. The SMILES string of the molecule is CC(C)(C)NC(=O)c1ccc(C(=O)Nc2cc(C(F)(F)F)ccc2Cl)cc1. The van der Waals surface area contributed by atoms with Gasteiger partial charge in [-0.05, 0) is 63.2 Å². The fraction of sp³-hybridized carbons (Fsp3) is 0.263. The number of carbonyl (C=O) groups is 2. The summed E-state index contributed by atoms with van der Waals surface area (Å²) in [7, 11) is 0. The first-order chi connectivity index (χ1) is 12.4. The molecule has 0 aliphatic heterocycles. The second-order valence-electron chi connectivity index (χ2n) is 6.93. The zero-order valence-electron chi connectivity index (χ0n) is 14.9. The highest BCUT2D eigenvalue weighted by Crippen LogP contribution is 2.34. The number of amides is 2. The molecule has 0 aromatic heterocycles. The number of alkyl halides is 3. The minimum atomic E-state index is -4.55. The molecule has 0 aliphatic carbocycles. The van der Waals surface area contributed by atoms with Crippen LogP contribution in [0.25, 0.3) is 0 Å². The first kappa shape index (κ1) is 20.8. The Morgan fingerprint density at radius 3 is 1.89 bits per heavy atom. The van der Waals surface area contributed by atoms with Crippen molar-refractivity contribution in [1.82, 2.24) is 5.32 Å². The maximum Gasteiger partial charge on any atom is 0.416 e. The smallest absolute Gasteiger partial charge is 0.347 e. The molecule has 0 heterocycles. The van der Waals surface area contributed by atoms with Gasteiger partial charge in [0.05, 0.1) is 16.3 Å². The van der Waals surface area contributed by atoms with Gasteiger partial charge < -0.3 is 10.6 Å². The molecule has 2 aromatic rings. The van der Waals surface area contributed by atoms with Crippen LogP contribution in [0.15, 0.2) is 42.5 Å². The van der Waals surface area contributed by atoms with E-state index in [1.807, 2.05) is 20.8 Å². The lowest BCUT2D eigenvalue weighted by atomic mass is 10.1. The summed E-state index contributed by atoms with van der Waals surface area (Å²) in [6.45, 7) is 5.52. The minimum absolute atomic E-state index is 0.0162. The highest BCUT2D eigenvalue weighted by Gasteiger charge is 2.31. The van der Waals surface area contributed by atoms with Crippen LogP contribution in [0.3, 0.4) is 0 Å². The summed E-state index contributed by atoms with van der Waals surface area (Å²) in [5.41, 5.74) is -0.940. The van der Waals surface area contributed by atoms with Crippen LogP contribution in [-0.4, -0.2) is 17.4 Å². The Balaban J connectivity index is 2.16. The third kappa shape index (κ3) is 5.72. The predicted molar refractivity (Wildman–Crippen MR) is 98.1 cm³/mol. The van der Waals surface area contributed by atoms with Crippen molar-refractivity contribution in [3.8, 4) is 0 Å². The van der Waals surface area contributed by atoms with Crippen molar-refractivity contribution in [2.75, 3.05) is 5.32 Å². The van der Waals surface area contributed by atoms with Crippen LogP contribution < -0.4 is 10.6 Å². The summed E-state index contributed by atoms with van der Waals surface area (Å²) in [5.74, 6) is -0.936. The van der Waals surface area contributed by atoms with Crippen molar-refractivity contribution in [2.24, 2.45) is 0 Å².